The van der Waals surface area contributed by atoms with E-state index < -0.39 is 0 Å². The number of benzene rings is 1. The molecule has 0 spiro atoms. The van der Waals surface area contributed by atoms with Gasteiger partial charge in [0.25, 0.3) is 5.91 Å². The first-order valence-electron chi connectivity index (χ1n) is 7.89. The maximum absolute atomic E-state index is 12.8. The summed E-state index contributed by atoms with van der Waals surface area (Å²) in [6, 6.07) is 5.87. The number of fused-ring (bicyclic) bond motifs is 3. The number of nitrogens with zero attached hydrogens (tertiary/aromatic N) is 3. The van der Waals surface area contributed by atoms with E-state index in [9.17, 15) is 4.79 Å². The number of anilines is 1. The predicted molar refractivity (Wildman–Crippen MR) is 95.8 cm³/mol. The summed E-state index contributed by atoms with van der Waals surface area (Å²) in [6.07, 6.45) is 3.79. The lowest BCUT2D eigenvalue weighted by Gasteiger charge is -2.10. The lowest BCUT2D eigenvalue weighted by molar-refractivity contribution is -0.112. The van der Waals surface area contributed by atoms with Crippen LogP contribution in [-0.4, -0.2) is 27.9 Å². The van der Waals surface area contributed by atoms with Crippen LogP contribution in [0.4, 0.5) is 5.69 Å². The van der Waals surface area contributed by atoms with Gasteiger partial charge >= 0.3 is 0 Å². The summed E-state index contributed by atoms with van der Waals surface area (Å²) in [5.41, 5.74) is 7.82. The van der Waals surface area contributed by atoms with Gasteiger partial charge in [0.2, 0.25) is 0 Å². The molecule has 0 fully saturated rings. The molecule has 0 atom stereocenters. The van der Waals surface area contributed by atoms with Crippen LogP contribution in [0.3, 0.4) is 0 Å². The van der Waals surface area contributed by atoms with Crippen LogP contribution in [0.2, 0.25) is 0 Å². The number of carbonyl (C=O) groups excluding carboxylic acids is 1. The number of hydrogen-bond acceptors (Lipinski definition) is 3. The fourth-order valence-corrected chi connectivity index (χ4v) is 3.12. The number of rotatable bonds is 1. The minimum absolute atomic E-state index is 0.0217. The number of carbonyl (C=O) groups is 1. The van der Waals surface area contributed by atoms with Crippen molar-refractivity contribution >= 4 is 34.3 Å². The van der Waals surface area contributed by atoms with Crippen molar-refractivity contribution in [2.45, 2.75) is 20.8 Å². The third-order valence-corrected chi connectivity index (χ3v) is 4.68. The third-order valence-electron chi connectivity index (χ3n) is 4.68. The Morgan fingerprint density at radius 1 is 1.08 bits per heavy atom. The Morgan fingerprint density at radius 2 is 1.83 bits per heavy atom. The van der Waals surface area contributed by atoms with Crippen LogP contribution in [0.1, 0.15) is 28.2 Å². The van der Waals surface area contributed by atoms with Crippen molar-refractivity contribution in [1.82, 2.24) is 15.0 Å². The molecule has 5 heteroatoms. The van der Waals surface area contributed by atoms with Crippen LogP contribution in [0.25, 0.3) is 22.7 Å². The molecule has 1 aliphatic rings. The molecule has 120 valence electrons. The average molecular weight is 318 g/mol. The summed E-state index contributed by atoms with van der Waals surface area (Å²) in [5, 5.41) is 0. The van der Waals surface area contributed by atoms with E-state index in [2.05, 4.69) is 9.97 Å². The molecule has 2 aromatic heterocycles. The van der Waals surface area contributed by atoms with Crippen molar-refractivity contribution in [3.05, 3.63) is 52.6 Å². The molecule has 5 nitrogen and oxygen atoms in total. The molecular formula is C19H18N4O. The maximum Gasteiger partial charge on any atom is 0.258 e. The third kappa shape index (κ3) is 1.98. The van der Waals surface area contributed by atoms with E-state index >= 15 is 0 Å². The van der Waals surface area contributed by atoms with E-state index in [1.54, 1.807) is 11.9 Å². The topological polar surface area (TPSA) is 61.9 Å². The van der Waals surface area contributed by atoms with Gasteiger partial charge in [0.05, 0.1) is 33.7 Å². The summed E-state index contributed by atoms with van der Waals surface area (Å²) < 4.78 is 0. The summed E-state index contributed by atoms with van der Waals surface area (Å²) in [5.74, 6) is -0.0217. The Kier molecular flexibility index (Phi) is 3.06. The highest BCUT2D eigenvalue weighted by Gasteiger charge is 2.32. The Balaban J connectivity index is 2.05. The highest BCUT2D eigenvalue weighted by Crippen LogP contribution is 2.40. The van der Waals surface area contributed by atoms with Crippen LogP contribution < -0.4 is 4.90 Å². The van der Waals surface area contributed by atoms with E-state index in [4.69, 9.17) is 4.98 Å². The van der Waals surface area contributed by atoms with Crippen molar-refractivity contribution in [3.63, 3.8) is 0 Å². The van der Waals surface area contributed by atoms with Crippen molar-refractivity contribution in [2.24, 2.45) is 0 Å². The van der Waals surface area contributed by atoms with Crippen molar-refractivity contribution < 1.29 is 4.79 Å². The van der Waals surface area contributed by atoms with Gasteiger partial charge in [-0.3, -0.25) is 4.79 Å². The fourth-order valence-electron chi connectivity index (χ4n) is 3.12. The lowest BCUT2D eigenvalue weighted by Crippen LogP contribution is -2.20. The summed E-state index contributed by atoms with van der Waals surface area (Å²) in [7, 11) is 1.80. The van der Waals surface area contributed by atoms with E-state index in [1.807, 2.05) is 51.2 Å². The molecule has 1 aromatic carbocycles. The van der Waals surface area contributed by atoms with Crippen molar-refractivity contribution in [1.29, 1.82) is 0 Å². The highest BCUT2D eigenvalue weighted by molar-refractivity contribution is 6.37. The van der Waals surface area contributed by atoms with Gasteiger partial charge in [-0.1, -0.05) is 0 Å². The quantitative estimate of drug-likeness (QED) is 0.700. The molecule has 0 bridgehead atoms. The largest absolute Gasteiger partial charge is 0.361 e. The molecule has 24 heavy (non-hydrogen) atoms. The molecule has 1 N–H and O–H groups in total. The van der Waals surface area contributed by atoms with E-state index in [-0.39, 0.29) is 5.91 Å². The average Bonchev–Trinajstić information content (AvgIpc) is 3.06. The fraction of sp³-hybridized carbons (Fsp3) is 0.211. The second-order valence-electron chi connectivity index (χ2n) is 6.22. The van der Waals surface area contributed by atoms with Crippen molar-refractivity contribution in [2.75, 3.05) is 11.9 Å². The zero-order chi connectivity index (χ0) is 17.0. The summed E-state index contributed by atoms with van der Waals surface area (Å²) in [4.78, 5) is 27.0. The van der Waals surface area contributed by atoms with Gasteiger partial charge in [0.1, 0.15) is 0 Å². The van der Waals surface area contributed by atoms with Gasteiger partial charge in [-0.15, -0.1) is 0 Å². The van der Waals surface area contributed by atoms with Gasteiger partial charge in [-0.25, -0.2) is 9.97 Å². The number of amides is 1. The van der Waals surface area contributed by atoms with Crippen LogP contribution in [0.15, 0.2) is 24.4 Å². The lowest BCUT2D eigenvalue weighted by atomic mass is 10.0. The van der Waals surface area contributed by atoms with Crippen molar-refractivity contribution in [3.8, 4) is 0 Å². The molecule has 0 saturated carbocycles. The molecule has 3 heterocycles. The number of H-pyrrole nitrogens is 1. The van der Waals surface area contributed by atoms with Gasteiger partial charge in [-0.05, 0) is 50.6 Å². The smallest absolute Gasteiger partial charge is 0.258 e. The first kappa shape index (κ1) is 14.6. The minimum Gasteiger partial charge on any atom is -0.361 e. The zero-order valence-corrected chi connectivity index (χ0v) is 14.1. The van der Waals surface area contributed by atoms with Crippen LogP contribution in [0.5, 0.6) is 0 Å². The molecule has 0 unspecified atom stereocenters. The molecule has 0 saturated heterocycles. The highest BCUT2D eigenvalue weighted by atomic mass is 16.2. The van der Waals surface area contributed by atoms with E-state index in [0.717, 1.165) is 44.9 Å². The monoisotopic (exact) mass is 318 g/mol. The summed E-state index contributed by atoms with van der Waals surface area (Å²) >= 11 is 0. The maximum atomic E-state index is 12.8. The Morgan fingerprint density at radius 3 is 2.54 bits per heavy atom. The molecule has 1 aliphatic heterocycles. The second-order valence-corrected chi connectivity index (χ2v) is 6.22. The predicted octanol–water partition coefficient (Wildman–Crippen LogP) is 3.40. The first-order chi connectivity index (χ1) is 11.5. The molecule has 1 amide bonds. The number of nitrogens with one attached hydrogen (secondary N) is 1. The number of likely N-dealkylation sites (N-methyl/N-ethyl adjacent to an activating group) is 1. The first-order valence-corrected chi connectivity index (χ1v) is 7.89. The second kappa shape index (κ2) is 5.03. The van der Waals surface area contributed by atoms with Crippen LogP contribution in [-0.2, 0) is 4.79 Å². The standard InChI is InChI=1S/C19H18N4O/c1-10-7-8-20-15(10)9-13-17-16(23(4)19(13)24)6-5-14-18(17)22-12(3)11(2)21-14/h5-9,20H,1-4H3/b13-9-. The Labute approximate surface area is 140 Å². The molecule has 4 rings (SSSR count). The Bertz CT molecular complexity index is 1030. The molecule has 0 radical (unpaired) electrons. The molecular weight excluding hydrogens is 300 g/mol. The minimum atomic E-state index is -0.0217. The normalized spacial score (nSPS) is 15.6. The summed E-state index contributed by atoms with van der Waals surface area (Å²) in [6.45, 7) is 5.91. The molecule has 0 aliphatic carbocycles. The molecule has 3 aromatic rings. The SMILES string of the molecule is Cc1cc[nH]c1/C=C1\C(=O)N(C)c2ccc3nc(C)c(C)nc3c21. The van der Waals surface area contributed by atoms with E-state index in [0.29, 0.717) is 5.57 Å². The van der Waals surface area contributed by atoms with E-state index in [1.165, 1.54) is 0 Å². The van der Waals surface area contributed by atoms with Gasteiger partial charge < -0.3 is 9.88 Å². The Hall–Kier alpha value is -2.95. The number of aromatic nitrogens is 3. The van der Waals surface area contributed by atoms with Gasteiger partial charge in [-0.2, -0.15) is 0 Å². The number of aromatic amines is 1. The van der Waals surface area contributed by atoms with Crippen LogP contribution >= 0.6 is 0 Å². The van der Waals surface area contributed by atoms with Gasteiger partial charge in [0.15, 0.2) is 0 Å². The number of aryl methyl sites for hydroxylation is 3. The zero-order valence-electron chi connectivity index (χ0n) is 14.1. The van der Waals surface area contributed by atoms with Gasteiger partial charge in [0, 0.05) is 24.5 Å². The number of hydrogen-bond donors (Lipinski definition) is 1. The van der Waals surface area contributed by atoms with Crippen LogP contribution in [0, 0.1) is 20.8 Å².